The Hall–Kier alpha value is -2.40. The van der Waals surface area contributed by atoms with Crippen molar-refractivity contribution in [2.24, 2.45) is 0 Å². The van der Waals surface area contributed by atoms with Crippen molar-refractivity contribution in [1.29, 1.82) is 0 Å². The molecule has 5 heteroatoms. The molecule has 2 aromatic carbocycles. The summed E-state index contributed by atoms with van der Waals surface area (Å²) in [6.45, 7) is 1.93. The fourth-order valence-corrected chi connectivity index (χ4v) is 2.80. The fraction of sp³-hybridized carbons (Fsp3) is 0.111. The number of Topliss-reactive ketones (excluding diaryl/α,β-unsaturated/α-hetero) is 1. The molecule has 0 unspecified atom stereocenters. The summed E-state index contributed by atoms with van der Waals surface area (Å²) in [6.07, 6.45) is 0. The SMILES string of the molecule is Cc1ccc(/C(O)=C2\C(=O)C(=O)N[C@@H]2c2ccc(Br)cc2)cc1. The number of amides is 1. The highest BCUT2D eigenvalue weighted by molar-refractivity contribution is 9.10. The average Bonchev–Trinajstić information content (AvgIpc) is 2.84. The van der Waals surface area contributed by atoms with Crippen molar-refractivity contribution >= 4 is 33.4 Å². The number of aliphatic hydroxyl groups is 1. The van der Waals surface area contributed by atoms with E-state index in [0.717, 1.165) is 15.6 Å². The summed E-state index contributed by atoms with van der Waals surface area (Å²) in [5.41, 5.74) is 2.38. The Labute approximate surface area is 142 Å². The second-order valence-corrected chi connectivity index (χ2v) is 6.33. The van der Waals surface area contributed by atoms with Gasteiger partial charge in [-0.2, -0.15) is 0 Å². The zero-order valence-electron chi connectivity index (χ0n) is 12.3. The predicted octanol–water partition coefficient (Wildman–Crippen LogP) is 3.47. The highest BCUT2D eigenvalue weighted by Gasteiger charge is 2.39. The Kier molecular flexibility index (Phi) is 4.05. The van der Waals surface area contributed by atoms with E-state index in [9.17, 15) is 14.7 Å². The summed E-state index contributed by atoms with van der Waals surface area (Å²) >= 11 is 3.35. The lowest BCUT2D eigenvalue weighted by Gasteiger charge is -2.14. The van der Waals surface area contributed by atoms with E-state index in [1.165, 1.54) is 0 Å². The highest BCUT2D eigenvalue weighted by Crippen LogP contribution is 2.33. The molecule has 0 saturated carbocycles. The first-order chi connectivity index (χ1) is 11.0. The van der Waals surface area contributed by atoms with Crippen molar-refractivity contribution < 1.29 is 14.7 Å². The molecule has 1 saturated heterocycles. The molecule has 1 fully saturated rings. The Morgan fingerprint density at radius 1 is 1.04 bits per heavy atom. The number of ketones is 1. The van der Waals surface area contributed by atoms with E-state index >= 15 is 0 Å². The van der Waals surface area contributed by atoms with E-state index in [1.807, 2.05) is 31.2 Å². The molecule has 1 aliphatic rings. The van der Waals surface area contributed by atoms with E-state index in [-0.39, 0.29) is 11.3 Å². The normalized spacial score (nSPS) is 19.7. The largest absolute Gasteiger partial charge is 0.507 e. The Bertz CT molecular complexity index is 807. The van der Waals surface area contributed by atoms with E-state index in [0.29, 0.717) is 5.56 Å². The van der Waals surface area contributed by atoms with Gasteiger partial charge in [-0.05, 0) is 24.6 Å². The predicted molar refractivity (Wildman–Crippen MR) is 90.8 cm³/mol. The van der Waals surface area contributed by atoms with Crippen molar-refractivity contribution in [1.82, 2.24) is 5.32 Å². The number of hydrogen-bond acceptors (Lipinski definition) is 3. The Morgan fingerprint density at radius 2 is 1.65 bits per heavy atom. The van der Waals surface area contributed by atoms with E-state index in [2.05, 4.69) is 21.2 Å². The molecule has 0 radical (unpaired) electrons. The van der Waals surface area contributed by atoms with Gasteiger partial charge < -0.3 is 10.4 Å². The van der Waals surface area contributed by atoms with Gasteiger partial charge in [-0.25, -0.2) is 0 Å². The topological polar surface area (TPSA) is 66.4 Å². The number of nitrogens with one attached hydrogen (secondary N) is 1. The third kappa shape index (κ3) is 2.92. The minimum atomic E-state index is -0.702. The van der Waals surface area contributed by atoms with Gasteiger partial charge in [0.25, 0.3) is 11.7 Å². The van der Waals surface area contributed by atoms with Crippen molar-refractivity contribution in [2.45, 2.75) is 13.0 Å². The molecule has 1 heterocycles. The van der Waals surface area contributed by atoms with Crippen LogP contribution in [-0.2, 0) is 9.59 Å². The molecule has 4 nitrogen and oxygen atoms in total. The van der Waals surface area contributed by atoms with Gasteiger partial charge in [0, 0.05) is 10.0 Å². The molecule has 1 atom stereocenters. The van der Waals surface area contributed by atoms with Crippen LogP contribution in [0.1, 0.15) is 22.7 Å². The highest BCUT2D eigenvalue weighted by atomic mass is 79.9. The second-order valence-electron chi connectivity index (χ2n) is 5.42. The number of aryl methyl sites for hydroxylation is 1. The van der Waals surface area contributed by atoms with Crippen molar-refractivity contribution in [3.8, 4) is 0 Å². The maximum absolute atomic E-state index is 12.2. The second kappa shape index (κ2) is 6.01. The molecule has 0 aliphatic carbocycles. The van der Waals surface area contributed by atoms with Crippen molar-refractivity contribution in [3.63, 3.8) is 0 Å². The maximum atomic E-state index is 12.2. The van der Waals surface area contributed by atoms with Gasteiger partial charge >= 0.3 is 0 Å². The minimum absolute atomic E-state index is 0.0844. The first-order valence-corrected chi connectivity index (χ1v) is 7.87. The van der Waals surface area contributed by atoms with E-state index < -0.39 is 17.7 Å². The van der Waals surface area contributed by atoms with Crippen LogP contribution in [0.5, 0.6) is 0 Å². The summed E-state index contributed by atoms with van der Waals surface area (Å²) in [7, 11) is 0. The van der Waals surface area contributed by atoms with Crippen molar-refractivity contribution in [3.05, 3.63) is 75.3 Å². The molecule has 2 N–H and O–H groups in total. The van der Waals surface area contributed by atoms with Gasteiger partial charge in [-0.15, -0.1) is 0 Å². The number of aliphatic hydroxyl groups excluding tert-OH is 1. The zero-order valence-corrected chi connectivity index (χ0v) is 13.9. The van der Waals surface area contributed by atoms with Gasteiger partial charge in [0.15, 0.2) is 0 Å². The molecular weight excluding hydrogens is 358 g/mol. The minimum Gasteiger partial charge on any atom is -0.507 e. The first kappa shape index (κ1) is 15.5. The third-order valence-electron chi connectivity index (χ3n) is 3.80. The maximum Gasteiger partial charge on any atom is 0.293 e. The van der Waals surface area contributed by atoms with Crippen LogP contribution in [0.15, 0.2) is 58.6 Å². The number of halogens is 1. The van der Waals surface area contributed by atoms with Crippen LogP contribution in [0, 0.1) is 6.92 Å². The molecule has 3 rings (SSSR count). The molecule has 1 aliphatic heterocycles. The van der Waals surface area contributed by atoms with Gasteiger partial charge in [-0.3, -0.25) is 9.59 Å². The quantitative estimate of drug-likeness (QED) is 0.482. The van der Waals surface area contributed by atoms with Crippen LogP contribution >= 0.6 is 15.9 Å². The van der Waals surface area contributed by atoms with Gasteiger partial charge in [-0.1, -0.05) is 57.9 Å². The Balaban J connectivity index is 2.10. The van der Waals surface area contributed by atoms with Crippen LogP contribution in [0.25, 0.3) is 5.76 Å². The number of rotatable bonds is 2. The molecule has 0 bridgehead atoms. The number of hydrogen-bond donors (Lipinski definition) is 2. The average molecular weight is 372 g/mol. The monoisotopic (exact) mass is 371 g/mol. The van der Waals surface area contributed by atoms with Crippen LogP contribution in [0.4, 0.5) is 0 Å². The molecular formula is C18H14BrNO3. The molecule has 2 aromatic rings. The number of benzene rings is 2. The summed E-state index contributed by atoms with van der Waals surface area (Å²) in [5, 5.41) is 13.2. The van der Waals surface area contributed by atoms with Crippen LogP contribution < -0.4 is 5.32 Å². The molecule has 23 heavy (non-hydrogen) atoms. The first-order valence-electron chi connectivity index (χ1n) is 7.08. The lowest BCUT2D eigenvalue weighted by atomic mass is 9.95. The summed E-state index contributed by atoms with van der Waals surface area (Å²) in [6, 6.07) is 13.7. The summed E-state index contributed by atoms with van der Waals surface area (Å²) in [5.74, 6) is -1.57. The number of carbonyl (C=O) groups is 2. The summed E-state index contributed by atoms with van der Waals surface area (Å²) < 4.78 is 0.894. The Morgan fingerprint density at radius 3 is 2.26 bits per heavy atom. The van der Waals surface area contributed by atoms with E-state index in [4.69, 9.17) is 0 Å². The number of carbonyl (C=O) groups excluding carboxylic acids is 2. The van der Waals surface area contributed by atoms with Gasteiger partial charge in [0.2, 0.25) is 0 Å². The van der Waals surface area contributed by atoms with Gasteiger partial charge in [0.1, 0.15) is 5.76 Å². The van der Waals surface area contributed by atoms with E-state index in [1.54, 1.807) is 24.3 Å². The smallest absolute Gasteiger partial charge is 0.293 e. The lowest BCUT2D eigenvalue weighted by molar-refractivity contribution is -0.133. The van der Waals surface area contributed by atoms with Crippen LogP contribution in [0.2, 0.25) is 0 Å². The molecule has 0 spiro atoms. The van der Waals surface area contributed by atoms with Crippen molar-refractivity contribution in [2.75, 3.05) is 0 Å². The van der Waals surface area contributed by atoms with Crippen LogP contribution in [-0.4, -0.2) is 16.8 Å². The zero-order chi connectivity index (χ0) is 16.6. The van der Waals surface area contributed by atoms with Gasteiger partial charge in [0.05, 0.1) is 11.6 Å². The fourth-order valence-electron chi connectivity index (χ4n) is 2.54. The standard InChI is InChI=1S/C18H14BrNO3/c1-10-2-4-12(5-3-10)16(21)14-15(20-18(23)17(14)22)11-6-8-13(19)9-7-11/h2-9,15,21H,1H3,(H,20,23)/b16-14+/t15-/m1/s1. The molecule has 0 aromatic heterocycles. The lowest BCUT2D eigenvalue weighted by Crippen LogP contribution is -2.21. The van der Waals surface area contributed by atoms with Crippen LogP contribution in [0.3, 0.4) is 0 Å². The third-order valence-corrected chi connectivity index (χ3v) is 4.33. The summed E-state index contributed by atoms with van der Waals surface area (Å²) in [4.78, 5) is 24.0. The molecule has 116 valence electrons. The molecule has 1 amide bonds.